The Kier molecular flexibility index (Phi) is 6.32. The second-order valence-electron chi connectivity index (χ2n) is 8.10. The fourth-order valence-corrected chi connectivity index (χ4v) is 4.27. The molecule has 3 N–H and O–H groups in total. The normalized spacial score (nSPS) is 16.4. The van der Waals surface area contributed by atoms with E-state index in [0.717, 1.165) is 19.6 Å². The third kappa shape index (κ3) is 4.61. The molecule has 0 bridgehead atoms. The van der Waals surface area contributed by atoms with Gasteiger partial charge < -0.3 is 20.5 Å². The summed E-state index contributed by atoms with van der Waals surface area (Å²) in [5, 5.41) is 18.3. The molecule has 0 spiro atoms. The van der Waals surface area contributed by atoms with Gasteiger partial charge in [0.1, 0.15) is 5.75 Å². The van der Waals surface area contributed by atoms with E-state index < -0.39 is 23.3 Å². The van der Waals surface area contributed by atoms with Crippen LogP contribution >= 0.6 is 0 Å². The lowest BCUT2D eigenvalue weighted by molar-refractivity contribution is -0.138. The van der Waals surface area contributed by atoms with Gasteiger partial charge in [-0.25, -0.2) is 4.79 Å². The van der Waals surface area contributed by atoms with Gasteiger partial charge in [-0.05, 0) is 48.7 Å². The molecule has 0 radical (unpaired) electrons. The molecule has 1 saturated heterocycles. The summed E-state index contributed by atoms with van der Waals surface area (Å²) >= 11 is 0. The van der Waals surface area contributed by atoms with Crippen LogP contribution in [0.3, 0.4) is 0 Å². The van der Waals surface area contributed by atoms with Gasteiger partial charge in [-0.1, -0.05) is 18.2 Å². The number of alkyl halides is 3. The van der Waals surface area contributed by atoms with Crippen LogP contribution in [0.5, 0.6) is 5.75 Å². The van der Waals surface area contributed by atoms with E-state index in [0.29, 0.717) is 42.0 Å². The van der Waals surface area contributed by atoms with Crippen molar-refractivity contribution in [3.63, 3.8) is 0 Å². The van der Waals surface area contributed by atoms with Crippen molar-refractivity contribution in [1.82, 2.24) is 10.2 Å². The van der Waals surface area contributed by atoms with Crippen LogP contribution in [-0.2, 0) is 10.9 Å². The summed E-state index contributed by atoms with van der Waals surface area (Å²) in [6.45, 7) is 1.05. The van der Waals surface area contributed by atoms with Crippen LogP contribution in [0.4, 0.5) is 24.7 Å². The number of aromatic hydroxyl groups is 1. The molecule has 7 nitrogen and oxygen atoms in total. The number of rotatable bonds is 4. The molecule has 34 heavy (non-hydrogen) atoms. The number of esters is 1. The first-order chi connectivity index (χ1) is 16.2. The quantitative estimate of drug-likeness (QED) is 0.534. The number of carbonyl (C=O) groups is 1. The lowest BCUT2D eigenvalue weighted by Crippen LogP contribution is -2.35. The number of nitrogens with zero attached hydrogens (tertiary/aromatic N) is 3. The van der Waals surface area contributed by atoms with Crippen molar-refractivity contribution in [2.45, 2.75) is 24.9 Å². The number of halogens is 3. The van der Waals surface area contributed by atoms with Crippen LogP contribution in [0.15, 0.2) is 48.5 Å². The van der Waals surface area contributed by atoms with Crippen molar-refractivity contribution in [3.8, 4) is 17.0 Å². The first-order valence-corrected chi connectivity index (χ1v) is 10.6. The SMILES string of the molecule is COC(=O)c1ccc(C2CCCN(c3cc(-c4ccccc4O)nnc3N)C2)cc1C(F)(F)F. The fraction of sp³-hybridized carbons (Fsp3) is 0.292. The maximum atomic E-state index is 13.7. The van der Waals surface area contributed by atoms with Crippen molar-refractivity contribution in [2.75, 3.05) is 30.8 Å². The Morgan fingerprint density at radius 3 is 2.65 bits per heavy atom. The average Bonchev–Trinajstić information content (AvgIpc) is 2.83. The standard InChI is InChI=1S/C24H23F3N4O3/c1-34-23(33)16-9-8-14(11-18(16)24(25,26)27)15-5-4-10-31(13-15)20-12-19(29-30-22(20)28)17-6-2-3-7-21(17)32/h2-3,6-9,11-12,15,32H,4-5,10,13H2,1H3,(H2,28,30). The highest BCUT2D eigenvalue weighted by molar-refractivity contribution is 5.91. The first kappa shape index (κ1) is 23.3. The van der Waals surface area contributed by atoms with Gasteiger partial charge in [0.25, 0.3) is 0 Å². The lowest BCUT2D eigenvalue weighted by Gasteiger charge is -2.35. The van der Waals surface area contributed by atoms with E-state index >= 15 is 0 Å². The monoisotopic (exact) mass is 472 g/mol. The highest BCUT2D eigenvalue weighted by Crippen LogP contribution is 2.38. The van der Waals surface area contributed by atoms with E-state index in [1.54, 1.807) is 30.3 Å². The fourth-order valence-electron chi connectivity index (χ4n) is 4.27. The number of nitrogen functional groups attached to an aromatic ring is 1. The molecule has 10 heteroatoms. The van der Waals surface area contributed by atoms with Crippen molar-refractivity contribution >= 4 is 17.5 Å². The molecular weight excluding hydrogens is 449 g/mol. The van der Waals surface area contributed by atoms with Crippen molar-refractivity contribution in [1.29, 1.82) is 0 Å². The number of para-hydroxylation sites is 1. The van der Waals surface area contributed by atoms with Crippen molar-refractivity contribution in [3.05, 3.63) is 65.2 Å². The van der Waals surface area contributed by atoms with Gasteiger partial charge in [-0.3, -0.25) is 0 Å². The maximum Gasteiger partial charge on any atom is 0.417 e. The Labute approximate surface area is 194 Å². The molecule has 0 aliphatic carbocycles. The topological polar surface area (TPSA) is 102 Å². The number of benzene rings is 2. The summed E-state index contributed by atoms with van der Waals surface area (Å²) in [7, 11) is 1.05. The molecule has 1 unspecified atom stereocenters. The van der Waals surface area contributed by atoms with E-state index in [1.165, 1.54) is 12.1 Å². The predicted octanol–water partition coefficient (Wildman–Crippen LogP) is 4.62. The number of hydrogen-bond acceptors (Lipinski definition) is 7. The minimum atomic E-state index is -4.69. The third-order valence-corrected chi connectivity index (χ3v) is 5.97. The van der Waals surface area contributed by atoms with Gasteiger partial charge in [0, 0.05) is 24.6 Å². The summed E-state index contributed by atoms with van der Waals surface area (Å²) < 4.78 is 45.5. The van der Waals surface area contributed by atoms with Gasteiger partial charge in [-0.2, -0.15) is 13.2 Å². The van der Waals surface area contributed by atoms with E-state index in [2.05, 4.69) is 14.9 Å². The zero-order chi connectivity index (χ0) is 24.5. The smallest absolute Gasteiger partial charge is 0.417 e. The number of phenols is 1. The minimum absolute atomic E-state index is 0.0504. The Balaban J connectivity index is 1.65. The van der Waals surface area contributed by atoms with E-state index in [4.69, 9.17) is 5.73 Å². The van der Waals surface area contributed by atoms with E-state index in [-0.39, 0.29) is 17.5 Å². The summed E-state index contributed by atoms with van der Waals surface area (Å²) in [6, 6.07) is 12.2. The molecule has 1 atom stereocenters. The Morgan fingerprint density at radius 1 is 1.18 bits per heavy atom. The Bertz CT molecular complexity index is 1220. The lowest BCUT2D eigenvalue weighted by atomic mass is 9.88. The van der Waals surface area contributed by atoms with Crippen LogP contribution in [0.25, 0.3) is 11.3 Å². The number of nitrogens with two attached hydrogens (primary N) is 1. The third-order valence-electron chi connectivity index (χ3n) is 5.97. The molecular formula is C24H23F3N4O3. The summed E-state index contributed by atoms with van der Waals surface area (Å²) in [6.07, 6.45) is -3.30. The highest BCUT2D eigenvalue weighted by Gasteiger charge is 2.37. The van der Waals surface area contributed by atoms with Crippen LogP contribution in [0.2, 0.25) is 0 Å². The largest absolute Gasteiger partial charge is 0.507 e. The first-order valence-electron chi connectivity index (χ1n) is 10.6. The van der Waals surface area contributed by atoms with Gasteiger partial charge in [-0.15, -0.1) is 10.2 Å². The van der Waals surface area contributed by atoms with Crippen LogP contribution < -0.4 is 10.6 Å². The second kappa shape index (κ2) is 9.20. The van der Waals surface area contributed by atoms with E-state index in [9.17, 15) is 23.1 Å². The molecule has 1 fully saturated rings. The predicted molar refractivity (Wildman–Crippen MR) is 121 cm³/mol. The van der Waals surface area contributed by atoms with Gasteiger partial charge in [0.15, 0.2) is 5.82 Å². The molecule has 2 aromatic carbocycles. The molecule has 0 amide bonds. The summed E-state index contributed by atoms with van der Waals surface area (Å²) in [4.78, 5) is 13.8. The molecule has 1 aromatic heterocycles. The van der Waals surface area contributed by atoms with Crippen LogP contribution in [0, 0.1) is 0 Å². The second-order valence-corrected chi connectivity index (χ2v) is 8.10. The Hall–Kier alpha value is -3.82. The number of aromatic nitrogens is 2. The zero-order valence-electron chi connectivity index (χ0n) is 18.3. The number of anilines is 2. The number of piperidine rings is 1. The summed E-state index contributed by atoms with van der Waals surface area (Å²) in [5.41, 5.74) is 6.58. The maximum absolute atomic E-state index is 13.7. The molecule has 178 valence electrons. The molecule has 4 rings (SSSR count). The number of hydrogen-bond donors (Lipinski definition) is 2. The van der Waals surface area contributed by atoms with Gasteiger partial charge in [0.05, 0.1) is 29.6 Å². The van der Waals surface area contributed by atoms with Gasteiger partial charge >= 0.3 is 12.1 Å². The Morgan fingerprint density at radius 2 is 1.94 bits per heavy atom. The zero-order valence-corrected chi connectivity index (χ0v) is 18.3. The van der Waals surface area contributed by atoms with Gasteiger partial charge in [0.2, 0.25) is 0 Å². The van der Waals surface area contributed by atoms with Crippen LogP contribution in [-0.4, -0.2) is 41.5 Å². The average molecular weight is 472 g/mol. The molecule has 1 aliphatic rings. The van der Waals surface area contributed by atoms with Crippen LogP contribution in [0.1, 0.15) is 40.2 Å². The number of carbonyl (C=O) groups excluding carboxylic acids is 1. The molecule has 3 aromatic rings. The summed E-state index contributed by atoms with van der Waals surface area (Å²) in [5.74, 6) is -1.01. The van der Waals surface area contributed by atoms with Crippen molar-refractivity contribution < 1.29 is 27.8 Å². The molecule has 2 heterocycles. The number of ether oxygens (including phenoxy) is 1. The molecule has 0 saturated carbocycles. The van der Waals surface area contributed by atoms with Crippen molar-refractivity contribution in [2.24, 2.45) is 0 Å². The minimum Gasteiger partial charge on any atom is -0.507 e. The molecule has 1 aliphatic heterocycles. The number of methoxy groups -OCH3 is 1. The number of phenolic OH excluding ortho intramolecular Hbond substituents is 1. The highest BCUT2D eigenvalue weighted by atomic mass is 19.4. The van der Waals surface area contributed by atoms with E-state index in [1.807, 2.05) is 4.90 Å².